The van der Waals surface area contributed by atoms with Crippen LogP contribution in [-0.2, 0) is 4.79 Å². The van der Waals surface area contributed by atoms with Crippen LogP contribution in [0, 0.1) is 5.92 Å². The van der Waals surface area contributed by atoms with Crippen LogP contribution in [0.1, 0.15) is 58.8 Å². The van der Waals surface area contributed by atoms with Gasteiger partial charge in [0, 0.05) is 12.6 Å². The molecule has 0 aromatic carbocycles. The number of nitrogens with one attached hydrogen (secondary N) is 1. The van der Waals surface area contributed by atoms with E-state index in [9.17, 15) is 9.90 Å². The maximum Gasteiger partial charge on any atom is 0.323 e. The molecule has 2 fully saturated rings. The summed E-state index contributed by atoms with van der Waals surface area (Å²) in [5, 5.41) is 12.6. The quantitative estimate of drug-likeness (QED) is 0.611. The van der Waals surface area contributed by atoms with Gasteiger partial charge in [-0.25, -0.2) is 0 Å². The Morgan fingerprint density at radius 2 is 2.05 bits per heavy atom. The summed E-state index contributed by atoms with van der Waals surface area (Å²) in [4.78, 5) is 14.1. The van der Waals surface area contributed by atoms with Crippen LogP contribution in [-0.4, -0.2) is 47.2 Å². The fourth-order valence-electron chi connectivity index (χ4n) is 2.80. The van der Waals surface area contributed by atoms with E-state index < -0.39 is 11.5 Å². The maximum absolute atomic E-state index is 11.5. The molecule has 2 rings (SSSR count). The lowest BCUT2D eigenvalue weighted by Crippen LogP contribution is -2.50. The van der Waals surface area contributed by atoms with Crippen LogP contribution >= 0.6 is 0 Å². The average molecular weight is 282 g/mol. The van der Waals surface area contributed by atoms with Gasteiger partial charge in [0.05, 0.1) is 0 Å². The summed E-state index contributed by atoms with van der Waals surface area (Å²) in [5.74, 6) is 0.214. The SMILES string of the molecule is CCCNC(C)(CCCN(CC1CC1)C1CC1)C(=O)O. The molecule has 0 aromatic rings. The lowest BCUT2D eigenvalue weighted by molar-refractivity contribution is -0.144. The Labute approximate surface area is 122 Å². The lowest BCUT2D eigenvalue weighted by atomic mass is 9.95. The van der Waals surface area contributed by atoms with Gasteiger partial charge in [0.2, 0.25) is 0 Å². The van der Waals surface area contributed by atoms with E-state index in [1.165, 1.54) is 32.2 Å². The molecule has 0 amide bonds. The predicted octanol–water partition coefficient (Wildman–Crippen LogP) is 2.48. The molecule has 2 aliphatic carbocycles. The first kappa shape index (κ1) is 15.8. The molecule has 0 heterocycles. The van der Waals surface area contributed by atoms with Crippen molar-refractivity contribution in [1.82, 2.24) is 10.2 Å². The molecular weight excluding hydrogens is 252 g/mol. The number of hydrogen-bond acceptors (Lipinski definition) is 3. The van der Waals surface area contributed by atoms with Crippen molar-refractivity contribution in [3.8, 4) is 0 Å². The molecule has 4 heteroatoms. The minimum Gasteiger partial charge on any atom is -0.480 e. The van der Waals surface area contributed by atoms with Crippen molar-refractivity contribution in [2.45, 2.75) is 70.4 Å². The third kappa shape index (κ3) is 4.74. The molecule has 0 aromatic heterocycles. The molecule has 0 aliphatic heterocycles. The lowest BCUT2D eigenvalue weighted by Gasteiger charge is -2.28. The van der Waals surface area contributed by atoms with Crippen LogP contribution in [0.5, 0.6) is 0 Å². The van der Waals surface area contributed by atoms with Gasteiger partial charge in [0.15, 0.2) is 0 Å². The fourth-order valence-corrected chi connectivity index (χ4v) is 2.80. The molecule has 2 saturated carbocycles. The molecule has 4 nitrogen and oxygen atoms in total. The Kier molecular flexibility index (Phi) is 5.44. The van der Waals surface area contributed by atoms with Crippen molar-refractivity contribution in [2.24, 2.45) is 5.92 Å². The molecule has 0 bridgehead atoms. The minimum absolute atomic E-state index is 0.717. The van der Waals surface area contributed by atoms with E-state index in [0.717, 1.165) is 44.3 Å². The van der Waals surface area contributed by atoms with Crippen LogP contribution in [0.4, 0.5) is 0 Å². The van der Waals surface area contributed by atoms with Gasteiger partial charge in [-0.1, -0.05) is 6.92 Å². The van der Waals surface area contributed by atoms with Gasteiger partial charge in [0.25, 0.3) is 0 Å². The average Bonchev–Trinajstić information content (AvgIpc) is 3.27. The topological polar surface area (TPSA) is 52.6 Å². The van der Waals surface area contributed by atoms with Gasteiger partial charge in [0.1, 0.15) is 5.54 Å². The van der Waals surface area contributed by atoms with Gasteiger partial charge in [-0.05, 0) is 70.9 Å². The third-order valence-corrected chi connectivity index (χ3v) is 4.61. The van der Waals surface area contributed by atoms with Crippen molar-refractivity contribution in [3.05, 3.63) is 0 Å². The summed E-state index contributed by atoms with van der Waals surface area (Å²) in [6.45, 7) is 6.99. The van der Waals surface area contributed by atoms with Gasteiger partial charge >= 0.3 is 5.97 Å². The summed E-state index contributed by atoms with van der Waals surface area (Å²) in [5.41, 5.74) is -0.759. The van der Waals surface area contributed by atoms with E-state index in [2.05, 4.69) is 17.1 Å². The highest BCUT2D eigenvalue weighted by Crippen LogP contribution is 2.35. The Bertz CT molecular complexity index is 326. The second-order valence-corrected chi connectivity index (χ2v) is 6.84. The van der Waals surface area contributed by atoms with Gasteiger partial charge < -0.3 is 15.3 Å². The third-order valence-electron chi connectivity index (χ3n) is 4.61. The van der Waals surface area contributed by atoms with Gasteiger partial charge in [-0.2, -0.15) is 0 Å². The van der Waals surface area contributed by atoms with E-state index in [1.807, 2.05) is 6.92 Å². The smallest absolute Gasteiger partial charge is 0.323 e. The normalized spacial score (nSPS) is 21.9. The maximum atomic E-state index is 11.5. The molecule has 116 valence electrons. The van der Waals surface area contributed by atoms with E-state index in [1.54, 1.807) is 0 Å². The summed E-state index contributed by atoms with van der Waals surface area (Å²) in [7, 11) is 0. The summed E-state index contributed by atoms with van der Waals surface area (Å²) in [6.07, 6.45) is 8.15. The highest BCUT2D eigenvalue weighted by Gasteiger charge is 2.35. The number of aliphatic carboxylic acids is 1. The van der Waals surface area contributed by atoms with Crippen LogP contribution in [0.15, 0.2) is 0 Å². The van der Waals surface area contributed by atoms with Crippen LogP contribution < -0.4 is 5.32 Å². The molecule has 0 spiro atoms. The number of carbonyl (C=O) groups is 1. The zero-order chi connectivity index (χ0) is 14.6. The van der Waals surface area contributed by atoms with E-state index in [0.29, 0.717) is 0 Å². The number of hydrogen-bond donors (Lipinski definition) is 2. The molecule has 2 N–H and O–H groups in total. The number of nitrogens with zero attached hydrogens (tertiary/aromatic N) is 1. The minimum atomic E-state index is -0.759. The van der Waals surface area contributed by atoms with Crippen molar-refractivity contribution in [1.29, 1.82) is 0 Å². The number of rotatable bonds is 11. The molecule has 1 unspecified atom stereocenters. The Balaban J connectivity index is 1.74. The Morgan fingerprint density at radius 1 is 1.35 bits per heavy atom. The molecule has 0 radical (unpaired) electrons. The van der Waals surface area contributed by atoms with Crippen molar-refractivity contribution in [2.75, 3.05) is 19.6 Å². The van der Waals surface area contributed by atoms with Crippen molar-refractivity contribution < 1.29 is 9.90 Å². The van der Waals surface area contributed by atoms with Gasteiger partial charge in [-0.3, -0.25) is 4.79 Å². The predicted molar refractivity (Wildman–Crippen MR) is 80.9 cm³/mol. The van der Waals surface area contributed by atoms with Crippen LogP contribution in [0.3, 0.4) is 0 Å². The highest BCUT2D eigenvalue weighted by molar-refractivity contribution is 5.78. The molecule has 2 aliphatic rings. The van der Waals surface area contributed by atoms with Gasteiger partial charge in [-0.15, -0.1) is 0 Å². The monoisotopic (exact) mass is 282 g/mol. The highest BCUT2D eigenvalue weighted by atomic mass is 16.4. The zero-order valence-corrected chi connectivity index (χ0v) is 13.0. The molecule has 0 saturated heterocycles. The Hall–Kier alpha value is -0.610. The molecular formula is C16H30N2O2. The van der Waals surface area contributed by atoms with E-state index in [-0.39, 0.29) is 0 Å². The van der Waals surface area contributed by atoms with Crippen molar-refractivity contribution >= 4 is 5.97 Å². The van der Waals surface area contributed by atoms with Crippen molar-refractivity contribution in [3.63, 3.8) is 0 Å². The first-order valence-electron chi connectivity index (χ1n) is 8.27. The first-order chi connectivity index (χ1) is 9.55. The van der Waals surface area contributed by atoms with E-state index in [4.69, 9.17) is 0 Å². The number of carboxylic acids is 1. The molecule has 1 atom stereocenters. The fraction of sp³-hybridized carbons (Fsp3) is 0.938. The summed E-state index contributed by atoms with van der Waals surface area (Å²) >= 11 is 0. The standard InChI is InChI=1S/C16H30N2O2/c1-3-10-17-16(2,15(19)20)9-4-11-18(14-7-8-14)12-13-5-6-13/h13-14,17H,3-12H2,1-2H3,(H,19,20). The molecule has 20 heavy (non-hydrogen) atoms. The van der Waals surface area contributed by atoms with Crippen LogP contribution in [0.2, 0.25) is 0 Å². The second-order valence-electron chi connectivity index (χ2n) is 6.84. The van der Waals surface area contributed by atoms with Crippen LogP contribution in [0.25, 0.3) is 0 Å². The first-order valence-corrected chi connectivity index (χ1v) is 8.27. The van der Waals surface area contributed by atoms with E-state index >= 15 is 0 Å². The summed E-state index contributed by atoms with van der Waals surface area (Å²) in [6, 6.07) is 0.801. The Morgan fingerprint density at radius 3 is 2.55 bits per heavy atom. The summed E-state index contributed by atoms with van der Waals surface area (Å²) < 4.78 is 0. The second kappa shape index (κ2) is 6.90. The number of carboxylic acid groups (broad SMARTS) is 1. The zero-order valence-electron chi connectivity index (χ0n) is 13.0. The largest absolute Gasteiger partial charge is 0.480 e.